The van der Waals surface area contributed by atoms with Crippen LogP contribution in [0.4, 0.5) is 19.1 Å². The molecule has 0 amide bonds. The minimum absolute atomic E-state index is 0.205. The summed E-state index contributed by atoms with van der Waals surface area (Å²) in [7, 11) is 1.60. The van der Waals surface area contributed by atoms with Gasteiger partial charge < -0.3 is 5.32 Å². The van der Waals surface area contributed by atoms with Crippen LogP contribution >= 0.6 is 0 Å². The van der Waals surface area contributed by atoms with Crippen molar-refractivity contribution >= 4 is 5.95 Å². The van der Waals surface area contributed by atoms with Crippen molar-refractivity contribution in [3.8, 4) is 0 Å². The van der Waals surface area contributed by atoms with Gasteiger partial charge in [-0.15, -0.1) is 5.10 Å². The lowest BCUT2D eigenvalue weighted by Gasteiger charge is -2.10. The van der Waals surface area contributed by atoms with Crippen LogP contribution in [0, 0.1) is 6.92 Å². The average Bonchev–Trinajstić information content (AvgIpc) is 2.71. The predicted octanol–water partition coefficient (Wildman–Crippen LogP) is 2.15. The molecule has 0 aliphatic rings. The second-order valence-electron chi connectivity index (χ2n) is 4.16. The van der Waals surface area contributed by atoms with Gasteiger partial charge in [0.05, 0.1) is 12.6 Å². The van der Waals surface area contributed by atoms with Gasteiger partial charge in [-0.25, -0.2) is 0 Å². The fourth-order valence-electron chi connectivity index (χ4n) is 1.66. The Hall–Kier alpha value is -2.12. The van der Waals surface area contributed by atoms with Crippen molar-refractivity contribution in [2.45, 2.75) is 19.6 Å². The van der Waals surface area contributed by atoms with Gasteiger partial charge in [0.1, 0.15) is 0 Å². The number of aryl methyl sites for hydroxylation is 2. The lowest BCUT2D eigenvalue weighted by atomic mass is 10.1. The molecule has 0 aliphatic heterocycles. The molecule has 0 radical (unpaired) electrons. The number of halogens is 3. The van der Waals surface area contributed by atoms with Gasteiger partial charge >= 0.3 is 6.18 Å². The number of benzene rings is 1. The molecule has 2 aromatic rings. The molecule has 8 heteroatoms. The maximum Gasteiger partial charge on any atom is 0.416 e. The molecule has 0 fully saturated rings. The zero-order valence-corrected chi connectivity index (χ0v) is 10.4. The second-order valence-corrected chi connectivity index (χ2v) is 4.16. The molecule has 19 heavy (non-hydrogen) atoms. The molecule has 0 atom stereocenters. The summed E-state index contributed by atoms with van der Waals surface area (Å²) in [6, 6.07) is 3.90. The van der Waals surface area contributed by atoms with E-state index in [9.17, 15) is 13.2 Å². The third-order valence-electron chi connectivity index (χ3n) is 2.42. The highest BCUT2D eigenvalue weighted by atomic mass is 19.4. The van der Waals surface area contributed by atoms with Gasteiger partial charge in [0, 0.05) is 6.54 Å². The van der Waals surface area contributed by atoms with Crippen LogP contribution in [0.15, 0.2) is 18.2 Å². The molecule has 1 N–H and O–H groups in total. The van der Waals surface area contributed by atoms with Crippen molar-refractivity contribution in [3.05, 3.63) is 34.9 Å². The number of aromatic nitrogens is 4. The Labute approximate surface area is 107 Å². The third kappa shape index (κ3) is 3.43. The molecule has 0 saturated heterocycles. The molecule has 2 rings (SSSR count). The highest BCUT2D eigenvalue weighted by molar-refractivity contribution is 5.33. The van der Waals surface area contributed by atoms with Crippen LogP contribution in [0.25, 0.3) is 0 Å². The summed E-state index contributed by atoms with van der Waals surface area (Å²) in [5.74, 6) is 0.276. The van der Waals surface area contributed by atoms with Crippen LogP contribution in [-0.2, 0) is 19.8 Å². The summed E-state index contributed by atoms with van der Waals surface area (Å²) in [6.45, 7) is 1.83. The van der Waals surface area contributed by atoms with E-state index in [-0.39, 0.29) is 12.5 Å². The minimum atomic E-state index is -4.34. The molecule has 0 spiro atoms. The first-order valence-corrected chi connectivity index (χ1v) is 5.50. The highest BCUT2D eigenvalue weighted by Crippen LogP contribution is 2.30. The summed E-state index contributed by atoms with van der Waals surface area (Å²) in [5.41, 5.74) is 0.412. The Morgan fingerprint density at radius 1 is 1.26 bits per heavy atom. The molecule has 0 saturated carbocycles. The number of alkyl halides is 3. The van der Waals surface area contributed by atoms with E-state index in [0.717, 1.165) is 12.1 Å². The van der Waals surface area contributed by atoms with E-state index in [1.165, 1.54) is 4.80 Å². The average molecular weight is 271 g/mol. The normalized spacial score (nSPS) is 11.6. The standard InChI is InChI=1S/C11H12F3N5/c1-7-3-8(5-9(4-7)11(12,13)14)6-15-10-16-18-19(2)17-10/h3-5H,6H2,1-2H3,(H,15,17). The van der Waals surface area contributed by atoms with E-state index in [4.69, 9.17) is 0 Å². The molecule has 0 unspecified atom stereocenters. The van der Waals surface area contributed by atoms with E-state index >= 15 is 0 Å². The highest BCUT2D eigenvalue weighted by Gasteiger charge is 2.30. The van der Waals surface area contributed by atoms with Crippen LogP contribution in [0.5, 0.6) is 0 Å². The van der Waals surface area contributed by atoms with E-state index in [1.54, 1.807) is 20.0 Å². The van der Waals surface area contributed by atoms with Crippen molar-refractivity contribution in [2.24, 2.45) is 7.05 Å². The SMILES string of the molecule is Cc1cc(CNc2nnn(C)n2)cc(C(F)(F)F)c1. The van der Waals surface area contributed by atoms with Crippen molar-refractivity contribution < 1.29 is 13.2 Å². The Morgan fingerprint density at radius 2 is 2.00 bits per heavy atom. The van der Waals surface area contributed by atoms with Crippen molar-refractivity contribution in [2.75, 3.05) is 5.32 Å². The lowest BCUT2D eigenvalue weighted by Crippen LogP contribution is -2.08. The molecule has 0 aliphatic carbocycles. The van der Waals surface area contributed by atoms with Gasteiger partial charge in [0.15, 0.2) is 0 Å². The zero-order chi connectivity index (χ0) is 14.0. The van der Waals surface area contributed by atoms with Crippen molar-refractivity contribution in [1.29, 1.82) is 0 Å². The minimum Gasteiger partial charge on any atom is -0.348 e. The fraction of sp³-hybridized carbons (Fsp3) is 0.364. The van der Waals surface area contributed by atoms with Gasteiger partial charge in [0.2, 0.25) is 0 Å². The summed E-state index contributed by atoms with van der Waals surface area (Å²) < 4.78 is 38.0. The molecule has 1 aromatic heterocycles. The van der Waals surface area contributed by atoms with Crippen LogP contribution in [-0.4, -0.2) is 20.2 Å². The smallest absolute Gasteiger partial charge is 0.348 e. The van der Waals surface area contributed by atoms with Crippen LogP contribution in [0.2, 0.25) is 0 Å². The molecule has 1 aromatic carbocycles. The van der Waals surface area contributed by atoms with Crippen molar-refractivity contribution in [1.82, 2.24) is 20.2 Å². The van der Waals surface area contributed by atoms with E-state index in [2.05, 4.69) is 20.7 Å². The first-order valence-electron chi connectivity index (χ1n) is 5.50. The molecule has 102 valence electrons. The molecule has 0 bridgehead atoms. The maximum absolute atomic E-state index is 12.7. The summed E-state index contributed by atoms with van der Waals surface area (Å²) in [5, 5.41) is 14.0. The number of hydrogen-bond acceptors (Lipinski definition) is 4. The topological polar surface area (TPSA) is 55.6 Å². The monoisotopic (exact) mass is 271 g/mol. The Morgan fingerprint density at radius 3 is 2.58 bits per heavy atom. The van der Waals surface area contributed by atoms with Gasteiger partial charge in [-0.3, -0.25) is 0 Å². The number of nitrogens with zero attached hydrogens (tertiary/aromatic N) is 4. The number of tetrazole rings is 1. The first kappa shape index (κ1) is 13.3. The van der Waals surface area contributed by atoms with E-state index < -0.39 is 11.7 Å². The Balaban J connectivity index is 2.14. The lowest BCUT2D eigenvalue weighted by molar-refractivity contribution is -0.137. The summed E-state index contributed by atoms with van der Waals surface area (Å²) >= 11 is 0. The summed E-state index contributed by atoms with van der Waals surface area (Å²) in [6.07, 6.45) is -4.34. The molecule has 1 heterocycles. The van der Waals surface area contributed by atoms with Crippen LogP contribution in [0.1, 0.15) is 16.7 Å². The number of rotatable bonds is 3. The first-order chi connectivity index (χ1) is 8.84. The second kappa shape index (κ2) is 4.87. The predicted molar refractivity (Wildman–Crippen MR) is 62.3 cm³/mol. The van der Waals surface area contributed by atoms with Gasteiger partial charge in [-0.1, -0.05) is 16.7 Å². The zero-order valence-electron chi connectivity index (χ0n) is 10.4. The number of nitrogens with one attached hydrogen (secondary N) is 1. The van der Waals surface area contributed by atoms with Gasteiger partial charge in [-0.05, 0) is 29.8 Å². The number of hydrogen-bond donors (Lipinski definition) is 1. The van der Waals surface area contributed by atoms with Crippen LogP contribution in [0.3, 0.4) is 0 Å². The largest absolute Gasteiger partial charge is 0.416 e. The van der Waals surface area contributed by atoms with E-state index in [0.29, 0.717) is 11.1 Å². The van der Waals surface area contributed by atoms with Gasteiger partial charge in [0.25, 0.3) is 5.95 Å². The third-order valence-corrected chi connectivity index (χ3v) is 2.42. The summed E-state index contributed by atoms with van der Waals surface area (Å²) in [4.78, 5) is 1.26. The number of anilines is 1. The molecular formula is C11H12F3N5. The molecule has 5 nitrogen and oxygen atoms in total. The Kier molecular flexibility index (Phi) is 3.41. The van der Waals surface area contributed by atoms with Gasteiger partial charge in [-0.2, -0.15) is 18.0 Å². The Bertz CT molecular complexity index is 576. The van der Waals surface area contributed by atoms with Crippen molar-refractivity contribution in [3.63, 3.8) is 0 Å². The quantitative estimate of drug-likeness (QED) is 0.929. The maximum atomic E-state index is 12.7. The fourth-order valence-corrected chi connectivity index (χ4v) is 1.66. The van der Waals surface area contributed by atoms with E-state index in [1.807, 2.05) is 0 Å². The van der Waals surface area contributed by atoms with Crippen LogP contribution < -0.4 is 5.32 Å². The molecular weight excluding hydrogens is 259 g/mol.